The number of carbonyl (C=O) groups is 1. The molecular formula is C12H20N2O3. The maximum Gasteiger partial charge on any atom is 0.358 e. The fourth-order valence-electron chi connectivity index (χ4n) is 1.56. The zero-order valence-corrected chi connectivity index (χ0v) is 11.2. The molecule has 0 aliphatic rings. The van der Waals surface area contributed by atoms with Gasteiger partial charge in [0.25, 0.3) is 0 Å². The Hall–Kier alpha value is -1.52. The van der Waals surface area contributed by atoms with Crippen molar-refractivity contribution in [2.24, 2.45) is 0 Å². The third kappa shape index (κ3) is 2.78. The minimum Gasteiger partial charge on any atom is -0.486 e. The molecule has 0 atom stereocenters. The second-order valence-corrected chi connectivity index (χ2v) is 5.32. The molecule has 5 heteroatoms. The molecule has 0 saturated heterocycles. The van der Waals surface area contributed by atoms with E-state index in [-0.39, 0.29) is 11.8 Å². The lowest BCUT2D eigenvalue weighted by Gasteiger charge is -2.21. The van der Waals surface area contributed by atoms with Gasteiger partial charge >= 0.3 is 5.97 Å². The van der Waals surface area contributed by atoms with Crippen LogP contribution in [0.1, 0.15) is 50.8 Å². The lowest BCUT2D eigenvalue weighted by atomic mass is 10.1. The summed E-state index contributed by atoms with van der Waals surface area (Å²) in [6.07, 6.45) is -0.0792. The van der Waals surface area contributed by atoms with Gasteiger partial charge in [0.15, 0.2) is 11.4 Å². The molecule has 1 aromatic heterocycles. The molecule has 17 heavy (non-hydrogen) atoms. The highest BCUT2D eigenvalue weighted by Gasteiger charge is 2.29. The van der Waals surface area contributed by atoms with Crippen molar-refractivity contribution < 1.29 is 14.6 Å². The Morgan fingerprint density at radius 3 is 2.29 bits per heavy atom. The van der Waals surface area contributed by atoms with Crippen LogP contribution in [0.15, 0.2) is 0 Å². The van der Waals surface area contributed by atoms with E-state index in [4.69, 9.17) is 4.74 Å². The molecule has 96 valence electrons. The Bertz CT molecular complexity index is 428. The summed E-state index contributed by atoms with van der Waals surface area (Å²) < 4.78 is 7.05. The predicted octanol–water partition coefficient (Wildman–Crippen LogP) is 2.43. The number of hydrogen-bond acceptors (Lipinski definition) is 3. The van der Waals surface area contributed by atoms with E-state index in [1.54, 1.807) is 6.92 Å². The van der Waals surface area contributed by atoms with Crippen molar-refractivity contribution in [2.75, 3.05) is 0 Å². The third-order valence-electron chi connectivity index (χ3n) is 2.20. The quantitative estimate of drug-likeness (QED) is 0.881. The number of rotatable bonds is 3. The SMILES string of the molecule is Cc1nn(C(C)(C)C)c(C(=O)O)c1OC(C)C. The Labute approximate surface area is 101 Å². The fourth-order valence-corrected chi connectivity index (χ4v) is 1.56. The number of ether oxygens (including phenoxy) is 1. The molecule has 0 spiro atoms. The van der Waals surface area contributed by atoms with Crippen LogP contribution < -0.4 is 4.74 Å². The molecule has 0 bridgehead atoms. The smallest absolute Gasteiger partial charge is 0.358 e. The zero-order chi connectivity index (χ0) is 13.4. The van der Waals surface area contributed by atoms with Crippen molar-refractivity contribution in [3.8, 4) is 5.75 Å². The molecule has 0 radical (unpaired) electrons. The highest BCUT2D eigenvalue weighted by atomic mass is 16.5. The number of aryl methyl sites for hydroxylation is 1. The van der Waals surface area contributed by atoms with Gasteiger partial charge in [0.2, 0.25) is 0 Å². The van der Waals surface area contributed by atoms with Crippen molar-refractivity contribution in [1.82, 2.24) is 9.78 Å². The first-order valence-corrected chi connectivity index (χ1v) is 5.64. The average molecular weight is 240 g/mol. The maximum atomic E-state index is 11.3. The fraction of sp³-hybridized carbons (Fsp3) is 0.667. The van der Waals surface area contributed by atoms with E-state index in [1.807, 2.05) is 34.6 Å². The molecule has 5 nitrogen and oxygen atoms in total. The lowest BCUT2D eigenvalue weighted by Crippen LogP contribution is -2.27. The molecule has 1 rings (SSSR count). The van der Waals surface area contributed by atoms with Gasteiger partial charge in [-0.05, 0) is 41.5 Å². The van der Waals surface area contributed by atoms with Gasteiger partial charge in [0.1, 0.15) is 5.69 Å². The molecule has 0 aromatic carbocycles. The summed E-state index contributed by atoms with van der Waals surface area (Å²) in [5, 5.41) is 13.6. The maximum absolute atomic E-state index is 11.3. The van der Waals surface area contributed by atoms with Gasteiger partial charge in [-0.2, -0.15) is 5.10 Å². The summed E-state index contributed by atoms with van der Waals surface area (Å²) >= 11 is 0. The molecule has 0 fully saturated rings. The summed E-state index contributed by atoms with van der Waals surface area (Å²) in [5.74, 6) is -0.654. The Morgan fingerprint density at radius 1 is 1.41 bits per heavy atom. The Kier molecular flexibility index (Phi) is 3.50. The van der Waals surface area contributed by atoms with E-state index in [1.165, 1.54) is 4.68 Å². The van der Waals surface area contributed by atoms with Crippen LogP contribution in [0, 0.1) is 6.92 Å². The van der Waals surface area contributed by atoms with Gasteiger partial charge in [-0.3, -0.25) is 0 Å². The molecular weight excluding hydrogens is 220 g/mol. The van der Waals surface area contributed by atoms with E-state index in [2.05, 4.69) is 5.10 Å². The third-order valence-corrected chi connectivity index (χ3v) is 2.20. The summed E-state index contributed by atoms with van der Waals surface area (Å²) in [5.41, 5.74) is 0.326. The second-order valence-electron chi connectivity index (χ2n) is 5.32. The topological polar surface area (TPSA) is 64.4 Å². The molecule has 0 aliphatic carbocycles. The normalized spacial score (nSPS) is 11.9. The molecule has 1 aromatic rings. The van der Waals surface area contributed by atoms with Crippen molar-refractivity contribution >= 4 is 5.97 Å². The minimum absolute atomic E-state index is 0.0792. The number of carboxylic acid groups (broad SMARTS) is 1. The van der Waals surface area contributed by atoms with Crippen molar-refractivity contribution in [3.63, 3.8) is 0 Å². The van der Waals surface area contributed by atoms with Crippen molar-refractivity contribution in [2.45, 2.75) is 53.2 Å². The number of aromatic carboxylic acids is 1. The van der Waals surface area contributed by atoms with Crippen LogP contribution in [0.5, 0.6) is 5.75 Å². The summed E-state index contributed by atoms with van der Waals surface area (Å²) in [6.45, 7) is 11.2. The molecule has 0 unspecified atom stereocenters. The lowest BCUT2D eigenvalue weighted by molar-refractivity contribution is 0.0667. The summed E-state index contributed by atoms with van der Waals surface area (Å²) in [6, 6.07) is 0. The Balaban J connectivity index is 3.40. The number of aromatic nitrogens is 2. The largest absolute Gasteiger partial charge is 0.486 e. The van der Waals surface area contributed by atoms with Crippen LogP contribution >= 0.6 is 0 Å². The van der Waals surface area contributed by atoms with Crippen LogP contribution in [0.4, 0.5) is 0 Å². The summed E-state index contributed by atoms with van der Waals surface area (Å²) in [4.78, 5) is 11.3. The second kappa shape index (κ2) is 4.39. The Morgan fingerprint density at radius 2 is 1.94 bits per heavy atom. The highest BCUT2D eigenvalue weighted by Crippen LogP contribution is 2.29. The number of carboxylic acids is 1. The van der Waals surface area contributed by atoms with Crippen LogP contribution in [0.3, 0.4) is 0 Å². The van der Waals surface area contributed by atoms with Crippen LogP contribution in [0.25, 0.3) is 0 Å². The van der Waals surface area contributed by atoms with E-state index in [0.717, 1.165) is 0 Å². The first-order valence-electron chi connectivity index (χ1n) is 5.64. The average Bonchev–Trinajstić information content (AvgIpc) is 2.42. The molecule has 1 heterocycles. The van der Waals surface area contributed by atoms with Gasteiger partial charge < -0.3 is 9.84 Å². The van der Waals surface area contributed by atoms with E-state index >= 15 is 0 Å². The minimum atomic E-state index is -1.02. The zero-order valence-electron chi connectivity index (χ0n) is 11.2. The molecule has 1 N–H and O–H groups in total. The van der Waals surface area contributed by atoms with Crippen LogP contribution in [-0.4, -0.2) is 27.0 Å². The van der Waals surface area contributed by atoms with Gasteiger partial charge in [0, 0.05) is 0 Å². The van der Waals surface area contributed by atoms with Gasteiger partial charge in [-0.15, -0.1) is 0 Å². The van der Waals surface area contributed by atoms with Crippen LogP contribution in [-0.2, 0) is 5.54 Å². The van der Waals surface area contributed by atoms with Gasteiger partial charge in [-0.25, -0.2) is 9.48 Å². The van der Waals surface area contributed by atoms with Crippen molar-refractivity contribution in [1.29, 1.82) is 0 Å². The van der Waals surface area contributed by atoms with Crippen LogP contribution in [0.2, 0.25) is 0 Å². The highest BCUT2D eigenvalue weighted by molar-refractivity contribution is 5.89. The van der Waals surface area contributed by atoms with E-state index in [9.17, 15) is 9.90 Å². The predicted molar refractivity (Wildman–Crippen MR) is 64.7 cm³/mol. The number of hydrogen-bond donors (Lipinski definition) is 1. The molecule has 0 aliphatic heterocycles. The van der Waals surface area contributed by atoms with Gasteiger partial charge in [0.05, 0.1) is 11.6 Å². The van der Waals surface area contributed by atoms with Crippen molar-refractivity contribution in [3.05, 3.63) is 11.4 Å². The first kappa shape index (κ1) is 13.5. The standard InChI is InChI=1S/C12H20N2O3/c1-7(2)17-10-8(3)13-14(12(4,5)6)9(10)11(15)16/h7H,1-6H3,(H,15,16). The molecule has 0 saturated carbocycles. The van der Waals surface area contributed by atoms with Gasteiger partial charge in [-0.1, -0.05) is 0 Å². The van der Waals surface area contributed by atoms with E-state index < -0.39 is 11.5 Å². The first-order chi connectivity index (χ1) is 7.64. The monoisotopic (exact) mass is 240 g/mol. The number of nitrogens with zero attached hydrogens (tertiary/aromatic N) is 2. The summed E-state index contributed by atoms with van der Waals surface area (Å²) in [7, 11) is 0. The van der Waals surface area contributed by atoms with E-state index in [0.29, 0.717) is 11.4 Å². The molecule has 0 amide bonds.